The van der Waals surface area contributed by atoms with E-state index in [4.69, 9.17) is 4.52 Å². The Morgan fingerprint density at radius 2 is 2.14 bits per heavy atom. The van der Waals surface area contributed by atoms with Crippen LogP contribution in [0.25, 0.3) is 5.65 Å². The van der Waals surface area contributed by atoms with Crippen LogP contribution in [-0.4, -0.2) is 34.5 Å². The quantitative estimate of drug-likeness (QED) is 0.796. The molecule has 1 N–H and O–H groups in total. The van der Waals surface area contributed by atoms with E-state index >= 15 is 0 Å². The molecule has 1 amide bonds. The van der Waals surface area contributed by atoms with Gasteiger partial charge in [-0.25, -0.2) is 4.98 Å². The van der Waals surface area contributed by atoms with Gasteiger partial charge in [0.15, 0.2) is 0 Å². The molecular weight excluding hydrogens is 270 g/mol. The van der Waals surface area contributed by atoms with Gasteiger partial charge in [0.2, 0.25) is 5.88 Å². The third kappa shape index (κ3) is 2.58. The second kappa shape index (κ2) is 4.93. The number of anilines is 2. The summed E-state index contributed by atoms with van der Waals surface area (Å²) in [6.45, 7) is 1.78. The molecular formula is C14H15N5O2. The van der Waals surface area contributed by atoms with Crippen molar-refractivity contribution in [2.75, 3.05) is 24.3 Å². The lowest BCUT2D eigenvalue weighted by molar-refractivity contribution is 0.101. The molecule has 108 valence electrons. The van der Waals surface area contributed by atoms with Crippen LogP contribution < -0.4 is 10.2 Å². The van der Waals surface area contributed by atoms with Crippen molar-refractivity contribution < 1.29 is 9.32 Å². The second-order valence-electron chi connectivity index (χ2n) is 4.96. The van der Waals surface area contributed by atoms with Gasteiger partial charge in [0.25, 0.3) is 5.91 Å². The van der Waals surface area contributed by atoms with Gasteiger partial charge < -0.3 is 13.8 Å². The van der Waals surface area contributed by atoms with E-state index in [0.717, 1.165) is 5.69 Å². The molecule has 3 aromatic heterocycles. The van der Waals surface area contributed by atoms with Gasteiger partial charge in [-0.3, -0.25) is 10.1 Å². The van der Waals surface area contributed by atoms with Crippen molar-refractivity contribution in [1.82, 2.24) is 14.5 Å². The van der Waals surface area contributed by atoms with Crippen LogP contribution in [0.2, 0.25) is 0 Å². The molecule has 0 aliphatic rings. The van der Waals surface area contributed by atoms with Crippen molar-refractivity contribution in [3.63, 3.8) is 0 Å². The van der Waals surface area contributed by atoms with Crippen LogP contribution in [0.3, 0.4) is 0 Å². The summed E-state index contributed by atoms with van der Waals surface area (Å²) in [5.41, 5.74) is 2.76. The highest BCUT2D eigenvalue weighted by Gasteiger charge is 2.13. The lowest BCUT2D eigenvalue weighted by Crippen LogP contribution is -2.11. The maximum absolute atomic E-state index is 12.1. The largest absolute Gasteiger partial charge is 0.376 e. The van der Waals surface area contributed by atoms with Crippen LogP contribution in [0.15, 0.2) is 35.1 Å². The molecule has 0 saturated carbocycles. The number of aryl methyl sites for hydroxylation is 1. The number of hydrogen-bond acceptors (Lipinski definition) is 5. The molecule has 0 aliphatic carbocycles. The number of hydrogen-bond donors (Lipinski definition) is 1. The van der Waals surface area contributed by atoms with E-state index in [1.54, 1.807) is 19.2 Å². The van der Waals surface area contributed by atoms with Gasteiger partial charge in [-0.2, -0.15) is 0 Å². The molecule has 0 aliphatic heterocycles. The van der Waals surface area contributed by atoms with Crippen molar-refractivity contribution in [1.29, 1.82) is 0 Å². The standard InChI is InChI=1S/C14H15N5O2/c1-9-6-13(21-17-9)16-14(20)11-8-19-7-10(18(2)3)4-5-12(19)15-11/h4-8H,1-3H3,(H,16,20). The van der Waals surface area contributed by atoms with Crippen LogP contribution in [-0.2, 0) is 0 Å². The van der Waals surface area contributed by atoms with E-state index in [2.05, 4.69) is 15.5 Å². The number of rotatable bonds is 3. The van der Waals surface area contributed by atoms with Gasteiger partial charge >= 0.3 is 0 Å². The third-order valence-corrected chi connectivity index (χ3v) is 3.05. The van der Waals surface area contributed by atoms with Gasteiger partial charge in [-0.1, -0.05) is 5.16 Å². The molecule has 0 spiro atoms. The van der Waals surface area contributed by atoms with Crippen LogP contribution in [0.1, 0.15) is 16.2 Å². The Balaban J connectivity index is 1.88. The number of pyridine rings is 1. The Hall–Kier alpha value is -2.83. The smallest absolute Gasteiger partial charge is 0.278 e. The van der Waals surface area contributed by atoms with E-state index in [1.807, 2.05) is 41.7 Å². The fraction of sp³-hybridized carbons (Fsp3) is 0.214. The summed E-state index contributed by atoms with van der Waals surface area (Å²) in [4.78, 5) is 18.4. The molecule has 7 heteroatoms. The number of aromatic nitrogens is 3. The van der Waals surface area contributed by atoms with Crippen LogP contribution in [0, 0.1) is 6.92 Å². The Morgan fingerprint density at radius 1 is 1.33 bits per heavy atom. The van der Waals surface area contributed by atoms with Crippen molar-refractivity contribution >= 4 is 23.1 Å². The molecule has 0 fully saturated rings. The highest BCUT2D eigenvalue weighted by Crippen LogP contribution is 2.15. The van der Waals surface area contributed by atoms with Gasteiger partial charge in [0, 0.05) is 32.6 Å². The maximum atomic E-state index is 12.1. The van der Waals surface area contributed by atoms with E-state index in [-0.39, 0.29) is 5.91 Å². The summed E-state index contributed by atoms with van der Waals surface area (Å²) in [6, 6.07) is 5.46. The predicted octanol–water partition coefficient (Wildman–Crippen LogP) is 1.95. The maximum Gasteiger partial charge on any atom is 0.278 e. The summed E-state index contributed by atoms with van der Waals surface area (Å²) >= 11 is 0. The second-order valence-corrected chi connectivity index (χ2v) is 4.96. The lowest BCUT2D eigenvalue weighted by Gasteiger charge is -2.11. The molecule has 0 saturated heterocycles. The first-order chi connectivity index (χ1) is 10.0. The Kier molecular flexibility index (Phi) is 3.09. The predicted molar refractivity (Wildman–Crippen MR) is 78.7 cm³/mol. The minimum absolute atomic E-state index is 0.309. The summed E-state index contributed by atoms with van der Waals surface area (Å²) in [5, 5.41) is 6.34. The average molecular weight is 285 g/mol. The van der Waals surface area contributed by atoms with Gasteiger partial charge in [-0.05, 0) is 19.1 Å². The van der Waals surface area contributed by atoms with Crippen LogP contribution >= 0.6 is 0 Å². The molecule has 0 unspecified atom stereocenters. The van der Waals surface area contributed by atoms with E-state index in [0.29, 0.717) is 22.9 Å². The zero-order valence-electron chi connectivity index (χ0n) is 12.0. The van der Waals surface area contributed by atoms with Crippen molar-refractivity contribution in [3.05, 3.63) is 42.0 Å². The van der Waals surface area contributed by atoms with E-state index < -0.39 is 0 Å². The van der Waals surface area contributed by atoms with Gasteiger partial charge in [-0.15, -0.1) is 0 Å². The first-order valence-corrected chi connectivity index (χ1v) is 6.44. The summed E-state index contributed by atoms with van der Waals surface area (Å²) < 4.78 is 6.77. The number of carbonyl (C=O) groups is 1. The van der Waals surface area contributed by atoms with E-state index in [1.165, 1.54) is 0 Å². The Labute approximate surface area is 121 Å². The normalized spacial score (nSPS) is 10.8. The first kappa shape index (κ1) is 13.2. The summed E-state index contributed by atoms with van der Waals surface area (Å²) in [7, 11) is 3.91. The number of nitrogens with zero attached hydrogens (tertiary/aromatic N) is 4. The van der Waals surface area contributed by atoms with Crippen molar-refractivity contribution in [2.24, 2.45) is 0 Å². The van der Waals surface area contributed by atoms with Crippen LogP contribution in [0.4, 0.5) is 11.6 Å². The first-order valence-electron chi connectivity index (χ1n) is 6.44. The lowest BCUT2D eigenvalue weighted by atomic mass is 10.4. The number of fused-ring (bicyclic) bond motifs is 1. The van der Waals surface area contributed by atoms with Gasteiger partial charge in [0.1, 0.15) is 11.3 Å². The number of nitrogens with one attached hydrogen (secondary N) is 1. The molecule has 0 atom stereocenters. The minimum Gasteiger partial charge on any atom is -0.376 e. The summed E-state index contributed by atoms with van der Waals surface area (Å²) in [6.07, 6.45) is 3.60. The number of carbonyl (C=O) groups excluding carboxylic acids is 1. The topological polar surface area (TPSA) is 75.7 Å². The highest BCUT2D eigenvalue weighted by atomic mass is 16.5. The molecule has 7 nitrogen and oxygen atoms in total. The average Bonchev–Trinajstić information content (AvgIpc) is 3.03. The number of amides is 1. The molecule has 3 aromatic rings. The molecule has 21 heavy (non-hydrogen) atoms. The number of imidazole rings is 1. The molecule has 0 aromatic carbocycles. The Morgan fingerprint density at radius 3 is 2.81 bits per heavy atom. The fourth-order valence-electron chi connectivity index (χ4n) is 1.95. The highest BCUT2D eigenvalue weighted by molar-refractivity contribution is 6.02. The third-order valence-electron chi connectivity index (χ3n) is 3.05. The van der Waals surface area contributed by atoms with Crippen LogP contribution in [0.5, 0.6) is 0 Å². The molecule has 0 radical (unpaired) electrons. The zero-order valence-corrected chi connectivity index (χ0v) is 12.0. The molecule has 0 bridgehead atoms. The Bertz CT molecular complexity index is 803. The zero-order chi connectivity index (χ0) is 15.0. The van der Waals surface area contributed by atoms with Crippen molar-refractivity contribution in [3.8, 4) is 0 Å². The molecule has 3 rings (SSSR count). The monoisotopic (exact) mass is 285 g/mol. The molecule has 3 heterocycles. The van der Waals surface area contributed by atoms with Gasteiger partial charge in [0.05, 0.1) is 11.4 Å². The summed E-state index contributed by atoms with van der Waals surface area (Å²) in [5.74, 6) is -0.0233. The fourth-order valence-corrected chi connectivity index (χ4v) is 1.95. The minimum atomic E-state index is -0.332. The SMILES string of the molecule is Cc1cc(NC(=O)c2cn3cc(N(C)C)ccc3n2)on1. The van der Waals surface area contributed by atoms with Crippen molar-refractivity contribution in [2.45, 2.75) is 6.92 Å². The van der Waals surface area contributed by atoms with E-state index in [9.17, 15) is 4.79 Å².